The van der Waals surface area contributed by atoms with Gasteiger partial charge in [0.05, 0.1) is 14.2 Å². The predicted molar refractivity (Wildman–Crippen MR) is 125 cm³/mol. The molecule has 1 aliphatic rings. The Balaban J connectivity index is 1.73. The van der Waals surface area contributed by atoms with E-state index in [0.29, 0.717) is 6.04 Å². The van der Waals surface area contributed by atoms with E-state index < -0.39 is 0 Å². The van der Waals surface area contributed by atoms with E-state index in [4.69, 9.17) is 9.47 Å². The summed E-state index contributed by atoms with van der Waals surface area (Å²) in [6.45, 7) is 11.8. The largest absolute Gasteiger partial charge is 0.497 e. The molecule has 7 nitrogen and oxygen atoms in total. The van der Waals surface area contributed by atoms with Gasteiger partial charge in [0.1, 0.15) is 11.5 Å². The number of unbranched alkanes of at least 4 members (excludes halogenated alkanes) is 1. The zero-order valence-corrected chi connectivity index (χ0v) is 19.5. The van der Waals surface area contributed by atoms with E-state index in [0.717, 1.165) is 69.6 Å². The first-order valence-corrected chi connectivity index (χ1v) is 11.3. The van der Waals surface area contributed by atoms with Gasteiger partial charge in [-0.15, -0.1) is 0 Å². The van der Waals surface area contributed by atoms with E-state index in [1.165, 1.54) is 18.5 Å². The number of guanidine groups is 1. The van der Waals surface area contributed by atoms with Gasteiger partial charge in [-0.25, -0.2) is 0 Å². The summed E-state index contributed by atoms with van der Waals surface area (Å²) in [6, 6.07) is 6.50. The summed E-state index contributed by atoms with van der Waals surface area (Å²) in [5.41, 5.74) is 1.21. The van der Waals surface area contributed by atoms with Gasteiger partial charge in [0.25, 0.3) is 0 Å². The van der Waals surface area contributed by atoms with Gasteiger partial charge < -0.3 is 25.0 Å². The maximum atomic E-state index is 5.39. The molecular weight excluding hydrogens is 378 g/mol. The molecule has 7 heteroatoms. The fraction of sp³-hybridized carbons (Fsp3) is 0.696. The zero-order valence-electron chi connectivity index (χ0n) is 19.5. The molecule has 1 aromatic rings. The van der Waals surface area contributed by atoms with Crippen LogP contribution in [0.4, 0.5) is 0 Å². The highest BCUT2D eigenvalue weighted by molar-refractivity contribution is 5.79. The number of methoxy groups -OCH3 is 2. The molecular formula is C23H41N5O2. The SMILES string of the molecule is CCN(CC)CCCCNC(=NC)NC1CCN(Cc2cc(OC)cc(OC)c2)C1. The van der Waals surface area contributed by atoms with Crippen molar-refractivity contribution >= 4 is 5.96 Å². The van der Waals surface area contributed by atoms with Crippen molar-refractivity contribution in [2.24, 2.45) is 4.99 Å². The van der Waals surface area contributed by atoms with E-state index in [-0.39, 0.29) is 0 Å². The Kier molecular flexibility index (Phi) is 10.8. The standard InChI is InChI=1S/C23H41N5O2/c1-6-27(7-2)12-9-8-11-25-23(24-3)26-20-10-13-28(18-20)17-19-14-21(29-4)16-22(15-19)30-5/h14-16,20H,6-13,17-18H2,1-5H3,(H2,24,25,26). The minimum Gasteiger partial charge on any atom is -0.497 e. The van der Waals surface area contributed by atoms with Gasteiger partial charge in [-0.05, 0) is 56.6 Å². The molecule has 1 fully saturated rings. The Morgan fingerprint density at radius 1 is 1.13 bits per heavy atom. The highest BCUT2D eigenvalue weighted by atomic mass is 16.5. The Morgan fingerprint density at radius 2 is 1.83 bits per heavy atom. The summed E-state index contributed by atoms with van der Waals surface area (Å²) in [4.78, 5) is 9.34. The lowest BCUT2D eigenvalue weighted by molar-refractivity contribution is 0.297. The monoisotopic (exact) mass is 419 g/mol. The average molecular weight is 420 g/mol. The maximum absolute atomic E-state index is 5.39. The molecule has 0 radical (unpaired) electrons. The van der Waals surface area contributed by atoms with Crippen LogP contribution >= 0.6 is 0 Å². The number of ether oxygens (including phenoxy) is 2. The van der Waals surface area contributed by atoms with Crippen molar-refractivity contribution in [1.29, 1.82) is 0 Å². The van der Waals surface area contributed by atoms with Gasteiger partial charge in [-0.2, -0.15) is 0 Å². The first kappa shape index (κ1) is 24.3. The van der Waals surface area contributed by atoms with Crippen molar-refractivity contribution in [3.05, 3.63) is 23.8 Å². The number of nitrogens with zero attached hydrogens (tertiary/aromatic N) is 3. The Morgan fingerprint density at radius 3 is 2.43 bits per heavy atom. The molecule has 0 saturated carbocycles. The van der Waals surface area contributed by atoms with Crippen LogP contribution in [-0.2, 0) is 6.54 Å². The number of benzene rings is 1. The number of aliphatic imine (C=N–C) groups is 1. The minimum atomic E-state index is 0.416. The second kappa shape index (κ2) is 13.3. The fourth-order valence-electron chi connectivity index (χ4n) is 3.90. The molecule has 0 aliphatic carbocycles. The molecule has 0 amide bonds. The summed E-state index contributed by atoms with van der Waals surface area (Å²) in [5.74, 6) is 2.58. The van der Waals surface area contributed by atoms with Crippen LogP contribution in [-0.4, -0.2) is 82.3 Å². The Labute approximate surface area is 182 Å². The van der Waals surface area contributed by atoms with Crippen molar-refractivity contribution < 1.29 is 9.47 Å². The van der Waals surface area contributed by atoms with Crippen molar-refractivity contribution in [3.63, 3.8) is 0 Å². The quantitative estimate of drug-likeness (QED) is 0.308. The summed E-state index contributed by atoms with van der Waals surface area (Å²) < 4.78 is 10.8. The van der Waals surface area contributed by atoms with Crippen LogP contribution in [0.5, 0.6) is 11.5 Å². The molecule has 1 heterocycles. The number of rotatable bonds is 12. The third-order valence-corrected chi connectivity index (χ3v) is 5.74. The molecule has 1 saturated heterocycles. The predicted octanol–water partition coefficient (Wildman–Crippen LogP) is 2.57. The molecule has 0 bridgehead atoms. The zero-order chi connectivity index (χ0) is 21.8. The van der Waals surface area contributed by atoms with Crippen LogP contribution < -0.4 is 20.1 Å². The first-order valence-electron chi connectivity index (χ1n) is 11.3. The van der Waals surface area contributed by atoms with E-state index >= 15 is 0 Å². The van der Waals surface area contributed by atoms with Gasteiger partial charge in [0, 0.05) is 45.3 Å². The molecule has 1 atom stereocenters. The third kappa shape index (κ3) is 8.03. The third-order valence-electron chi connectivity index (χ3n) is 5.74. The molecule has 1 aromatic carbocycles. The van der Waals surface area contributed by atoms with Gasteiger partial charge in [0.2, 0.25) is 0 Å². The lowest BCUT2D eigenvalue weighted by atomic mass is 10.2. The maximum Gasteiger partial charge on any atom is 0.191 e. The molecule has 1 aliphatic heterocycles. The lowest BCUT2D eigenvalue weighted by Crippen LogP contribution is -2.44. The van der Waals surface area contributed by atoms with E-state index in [1.54, 1.807) is 14.2 Å². The van der Waals surface area contributed by atoms with E-state index in [2.05, 4.69) is 51.4 Å². The Bertz CT molecular complexity index is 626. The molecule has 2 N–H and O–H groups in total. The number of nitrogens with one attached hydrogen (secondary N) is 2. The second-order valence-electron chi connectivity index (χ2n) is 7.82. The molecule has 30 heavy (non-hydrogen) atoms. The van der Waals surface area contributed by atoms with Crippen molar-refractivity contribution in [2.75, 3.05) is 60.5 Å². The van der Waals surface area contributed by atoms with Gasteiger partial charge in [-0.1, -0.05) is 13.8 Å². The summed E-state index contributed by atoms with van der Waals surface area (Å²) in [7, 11) is 5.23. The van der Waals surface area contributed by atoms with E-state index in [9.17, 15) is 0 Å². The second-order valence-corrected chi connectivity index (χ2v) is 7.82. The fourth-order valence-corrected chi connectivity index (χ4v) is 3.90. The molecule has 170 valence electrons. The highest BCUT2D eigenvalue weighted by Gasteiger charge is 2.23. The van der Waals surface area contributed by atoms with Crippen LogP contribution in [0.2, 0.25) is 0 Å². The molecule has 0 spiro atoms. The van der Waals surface area contributed by atoms with Crippen LogP contribution in [0.25, 0.3) is 0 Å². The smallest absolute Gasteiger partial charge is 0.191 e. The van der Waals surface area contributed by atoms with Crippen molar-refractivity contribution in [3.8, 4) is 11.5 Å². The topological polar surface area (TPSA) is 61.4 Å². The van der Waals surface area contributed by atoms with Crippen molar-refractivity contribution in [2.45, 2.75) is 45.7 Å². The van der Waals surface area contributed by atoms with Crippen LogP contribution in [0.1, 0.15) is 38.7 Å². The van der Waals surface area contributed by atoms with E-state index in [1.807, 2.05) is 13.1 Å². The van der Waals surface area contributed by atoms with Gasteiger partial charge >= 0.3 is 0 Å². The summed E-state index contributed by atoms with van der Waals surface area (Å²) in [6.07, 6.45) is 3.49. The lowest BCUT2D eigenvalue weighted by Gasteiger charge is -2.20. The van der Waals surface area contributed by atoms with Crippen LogP contribution in [0.15, 0.2) is 23.2 Å². The number of hydrogen-bond acceptors (Lipinski definition) is 5. The first-order chi connectivity index (χ1) is 14.6. The molecule has 2 rings (SSSR count). The van der Waals surface area contributed by atoms with Gasteiger partial charge in [-0.3, -0.25) is 9.89 Å². The summed E-state index contributed by atoms with van der Waals surface area (Å²) in [5, 5.41) is 7.06. The Hall–Kier alpha value is -1.99. The molecule has 1 unspecified atom stereocenters. The summed E-state index contributed by atoms with van der Waals surface area (Å²) >= 11 is 0. The molecule has 0 aromatic heterocycles. The highest BCUT2D eigenvalue weighted by Crippen LogP contribution is 2.24. The van der Waals surface area contributed by atoms with Crippen molar-refractivity contribution in [1.82, 2.24) is 20.4 Å². The number of hydrogen-bond donors (Lipinski definition) is 2. The van der Waals surface area contributed by atoms with Crippen LogP contribution in [0, 0.1) is 0 Å². The van der Waals surface area contributed by atoms with Gasteiger partial charge in [0.15, 0.2) is 5.96 Å². The minimum absolute atomic E-state index is 0.416. The average Bonchev–Trinajstić information content (AvgIpc) is 3.21. The normalized spacial score (nSPS) is 17.4. The number of likely N-dealkylation sites (tertiary alicyclic amines) is 1. The van der Waals surface area contributed by atoms with Crippen LogP contribution in [0.3, 0.4) is 0 Å².